The number of sulfonamides is 1. The van der Waals surface area contributed by atoms with Gasteiger partial charge < -0.3 is 10.2 Å². The van der Waals surface area contributed by atoms with Crippen LogP contribution in [0.3, 0.4) is 0 Å². The first-order chi connectivity index (χ1) is 17.2. The number of nitrogens with zero attached hydrogens (tertiary/aromatic N) is 2. The first-order valence-corrected chi connectivity index (χ1v) is 14.2. The van der Waals surface area contributed by atoms with Crippen LogP contribution >= 0.6 is 15.9 Å². The lowest BCUT2D eigenvalue weighted by Crippen LogP contribution is -2.53. The first kappa shape index (κ1) is 27.4. The summed E-state index contributed by atoms with van der Waals surface area (Å²) in [5, 5.41) is 2.84. The zero-order valence-corrected chi connectivity index (χ0v) is 22.7. The second-order valence-corrected chi connectivity index (χ2v) is 11.2. The van der Waals surface area contributed by atoms with Crippen molar-refractivity contribution in [2.45, 2.75) is 25.9 Å². The molecule has 0 aliphatic heterocycles. The fraction of sp³-hybridized carbons (Fsp3) is 0.259. The normalized spacial score (nSPS) is 12.0. The van der Waals surface area contributed by atoms with E-state index in [2.05, 4.69) is 21.2 Å². The molecule has 0 aliphatic carbocycles. The Hall–Kier alpha value is -3.17. The number of nitrogens with one attached hydrogen (secondary N) is 1. The van der Waals surface area contributed by atoms with Gasteiger partial charge in [0.1, 0.15) is 12.6 Å². The fourth-order valence-corrected chi connectivity index (χ4v) is 5.18. The van der Waals surface area contributed by atoms with Crippen LogP contribution in [0.2, 0.25) is 0 Å². The van der Waals surface area contributed by atoms with Gasteiger partial charge in [-0.1, -0.05) is 76.6 Å². The van der Waals surface area contributed by atoms with E-state index in [0.717, 1.165) is 26.2 Å². The lowest BCUT2D eigenvalue weighted by molar-refractivity contribution is -0.140. The number of carbonyl (C=O) groups is 2. The zero-order valence-electron chi connectivity index (χ0n) is 20.3. The Morgan fingerprint density at radius 1 is 0.917 bits per heavy atom. The van der Waals surface area contributed by atoms with Crippen molar-refractivity contribution < 1.29 is 18.0 Å². The molecule has 3 rings (SSSR count). The number of amides is 2. The van der Waals surface area contributed by atoms with E-state index >= 15 is 0 Å². The molecule has 0 heterocycles. The van der Waals surface area contributed by atoms with Crippen molar-refractivity contribution in [1.82, 2.24) is 10.2 Å². The number of likely N-dealkylation sites (N-methyl/N-ethyl adjacent to an activating group) is 1. The van der Waals surface area contributed by atoms with Gasteiger partial charge in [0.2, 0.25) is 21.8 Å². The summed E-state index contributed by atoms with van der Waals surface area (Å²) in [7, 11) is -3.76. The van der Waals surface area contributed by atoms with Crippen LogP contribution in [0.25, 0.3) is 0 Å². The molecule has 2 amide bonds. The maximum atomic E-state index is 13.8. The minimum Gasteiger partial charge on any atom is -0.355 e. The third-order valence-electron chi connectivity index (χ3n) is 5.59. The van der Waals surface area contributed by atoms with E-state index in [0.29, 0.717) is 12.2 Å². The highest BCUT2D eigenvalue weighted by Crippen LogP contribution is 2.21. The molecule has 3 aromatic carbocycles. The molecule has 9 heteroatoms. The molecule has 0 saturated heterocycles. The van der Waals surface area contributed by atoms with Crippen LogP contribution < -0.4 is 9.62 Å². The van der Waals surface area contributed by atoms with Gasteiger partial charge in [-0.3, -0.25) is 13.9 Å². The van der Waals surface area contributed by atoms with Crippen LogP contribution in [0, 0.1) is 0 Å². The predicted octanol–water partition coefficient (Wildman–Crippen LogP) is 3.99. The van der Waals surface area contributed by atoms with Crippen molar-refractivity contribution in [3.63, 3.8) is 0 Å². The number of hydrogen-bond acceptors (Lipinski definition) is 4. The molecule has 0 saturated carbocycles. The average molecular weight is 573 g/mol. The minimum absolute atomic E-state index is 0.138. The number of para-hydroxylation sites is 1. The number of hydrogen-bond donors (Lipinski definition) is 1. The van der Waals surface area contributed by atoms with Crippen molar-refractivity contribution in [2.24, 2.45) is 0 Å². The van der Waals surface area contributed by atoms with Gasteiger partial charge in [-0.25, -0.2) is 8.42 Å². The van der Waals surface area contributed by atoms with Gasteiger partial charge in [0.25, 0.3) is 0 Å². The first-order valence-electron chi connectivity index (χ1n) is 11.6. The van der Waals surface area contributed by atoms with Crippen LogP contribution in [0.15, 0.2) is 89.4 Å². The van der Waals surface area contributed by atoms with E-state index in [1.165, 1.54) is 4.90 Å². The molecule has 0 aromatic heterocycles. The van der Waals surface area contributed by atoms with E-state index in [9.17, 15) is 18.0 Å². The SMILES string of the molecule is CCNC(=O)[C@@H](Cc1ccccc1)N(Cc1cccc(Br)c1)C(=O)CN(c1ccccc1)S(C)(=O)=O. The maximum absolute atomic E-state index is 13.8. The van der Waals surface area contributed by atoms with Crippen molar-refractivity contribution in [3.8, 4) is 0 Å². The summed E-state index contributed by atoms with van der Waals surface area (Å²) in [5.41, 5.74) is 2.09. The van der Waals surface area contributed by atoms with Gasteiger partial charge in [-0.2, -0.15) is 0 Å². The second-order valence-electron chi connectivity index (χ2n) is 8.36. The lowest BCUT2D eigenvalue weighted by Gasteiger charge is -2.33. The van der Waals surface area contributed by atoms with Crippen LogP contribution in [0.1, 0.15) is 18.1 Å². The van der Waals surface area contributed by atoms with Gasteiger partial charge in [0, 0.05) is 24.0 Å². The Balaban J connectivity index is 2.02. The Morgan fingerprint density at radius 3 is 2.11 bits per heavy atom. The van der Waals surface area contributed by atoms with Gasteiger partial charge >= 0.3 is 0 Å². The Labute approximate surface area is 221 Å². The lowest BCUT2D eigenvalue weighted by atomic mass is 10.0. The summed E-state index contributed by atoms with van der Waals surface area (Å²) < 4.78 is 27.2. The van der Waals surface area contributed by atoms with Gasteiger partial charge in [0.15, 0.2) is 0 Å². The summed E-state index contributed by atoms with van der Waals surface area (Å²) in [4.78, 5) is 28.6. The fourth-order valence-electron chi connectivity index (χ4n) is 3.89. The van der Waals surface area contributed by atoms with Crippen molar-refractivity contribution in [2.75, 3.05) is 23.7 Å². The Morgan fingerprint density at radius 2 is 1.53 bits per heavy atom. The number of anilines is 1. The molecule has 0 fully saturated rings. The predicted molar refractivity (Wildman–Crippen MR) is 146 cm³/mol. The molecule has 1 N–H and O–H groups in total. The minimum atomic E-state index is -3.76. The van der Waals surface area contributed by atoms with Crippen molar-refractivity contribution in [1.29, 1.82) is 0 Å². The Kier molecular flexibility index (Phi) is 9.66. The Bertz CT molecular complexity index is 1270. The van der Waals surface area contributed by atoms with Gasteiger partial charge in [0.05, 0.1) is 11.9 Å². The third kappa shape index (κ3) is 7.66. The van der Waals surface area contributed by atoms with Gasteiger partial charge in [-0.05, 0) is 42.3 Å². The number of rotatable bonds is 11. The molecule has 0 bridgehead atoms. The third-order valence-corrected chi connectivity index (χ3v) is 7.22. The van der Waals surface area contributed by atoms with E-state index in [4.69, 9.17) is 0 Å². The highest BCUT2D eigenvalue weighted by molar-refractivity contribution is 9.10. The molecular weight excluding hydrogens is 542 g/mol. The van der Waals surface area contributed by atoms with Gasteiger partial charge in [-0.15, -0.1) is 0 Å². The molecule has 3 aromatic rings. The smallest absolute Gasteiger partial charge is 0.244 e. The van der Waals surface area contributed by atoms with Crippen LogP contribution in [0.5, 0.6) is 0 Å². The molecular formula is C27H30BrN3O4S. The molecule has 0 unspecified atom stereocenters. The van der Waals surface area contributed by atoms with E-state index in [1.54, 1.807) is 30.3 Å². The molecule has 36 heavy (non-hydrogen) atoms. The summed E-state index contributed by atoms with van der Waals surface area (Å²) in [6.45, 7) is 1.93. The number of benzene rings is 3. The topological polar surface area (TPSA) is 86.8 Å². The quantitative estimate of drug-likeness (QED) is 0.377. The molecule has 190 valence electrons. The summed E-state index contributed by atoms with van der Waals surface area (Å²) in [6.07, 6.45) is 1.35. The van der Waals surface area contributed by atoms with E-state index in [1.807, 2.05) is 61.5 Å². The highest BCUT2D eigenvalue weighted by atomic mass is 79.9. The van der Waals surface area contributed by atoms with Crippen molar-refractivity contribution >= 4 is 43.5 Å². The summed E-state index contributed by atoms with van der Waals surface area (Å²) in [6, 6.07) is 24.6. The standard InChI is InChI=1S/C27H30BrN3O4S/c1-3-29-27(33)25(18-21-11-6-4-7-12-21)30(19-22-13-10-14-23(28)17-22)26(32)20-31(36(2,34)35)24-15-8-5-9-16-24/h4-17,25H,3,18-20H2,1-2H3,(H,29,33)/t25-/m1/s1. The molecule has 7 nitrogen and oxygen atoms in total. The van der Waals surface area contributed by atoms with Crippen molar-refractivity contribution in [3.05, 3.63) is 101 Å². The average Bonchev–Trinajstić information content (AvgIpc) is 2.85. The highest BCUT2D eigenvalue weighted by Gasteiger charge is 2.32. The molecule has 0 aliphatic rings. The monoisotopic (exact) mass is 571 g/mol. The van der Waals surface area contributed by atoms with Crippen LogP contribution in [-0.2, 0) is 32.6 Å². The maximum Gasteiger partial charge on any atom is 0.244 e. The summed E-state index contributed by atoms with van der Waals surface area (Å²) in [5.74, 6) is -0.772. The number of halogens is 1. The largest absolute Gasteiger partial charge is 0.355 e. The molecule has 1 atom stereocenters. The van der Waals surface area contributed by atoms with E-state index < -0.39 is 28.5 Å². The summed E-state index contributed by atoms with van der Waals surface area (Å²) >= 11 is 3.46. The molecule has 0 radical (unpaired) electrons. The zero-order chi connectivity index (χ0) is 26.1. The molecule has 0 spiro atoms. The number of carbonyl (C=O) groups excluding carboxylic acids is 2. The van der Waals surface area contributed by atoms with Crippen LogP contribution in [0.4, 0.5) is 5.69 Å². The second kappa shape index (κ2) is 12.7. The van der Waals surface area contributed by atoms with E-state index in [-0.39, 0.29) is 18.9 Å². The van der Waals surface area contributed by atoms with Crippen LogP contribution in [-0.4, -0.2) is 50.5 Å².